The molecule has 1 aromatic heterocycles. The lowest BCUT2D eigenvalue weighted by atomic mass is 10.1. The van der Waals surface area contributed by atoms with E-state index in [4.69, 9.17) is 4.74 Å². The van der Waals surface area contributed by atoms with Gasteiger partial charge in [0, 0.05) is 11.7 Å². The summed E-state index contributed by atoms with van der Waals surface area (Å²) in [5, 5.41) is 12.2. The van der Waals surface area contributed by atoms with Crippen molar-refractivity contribution in [3.63, 3.8) is 0 Å². The van der Waals surface area contributed by atoms with E-state index in [-0.39, 0.29) is 17.2 Å². The van der Waals surface area contributed by atoms with Gasteiger partial charge in [-0.2, -0.15) is 4.68 Å². The summed E-state index contributed by atoms with van der Waals surface area (Å²) in [6, 6.07) is 15.7. The first-order valence-electron chi connectivity index (χ1n) is 9.09. The summed E-state index contributed by atoms with van der Waals surface area (Å²) in [6.07, 6.45) is 0.878. The zero-order chi connectivity index (χ0) is 19.7. The van der Waals surface area contributed by atoms with E-state index in [2.05, 4.69) is 28.5 Å². The predicted octanol–water partition coefficient (Wildman–Crippen LogP) is 3.13. The van der Waals surface area contributed by atoms with Crippen LogP contribution in [0.1, 0.15) is 19.4 Å². The number of hydrogen-bond donors (Lipinski definition) is 0. The number of ether oxygens (including phenoxy) is 1. The van der Waals surface area contributed by atoms with Crippen molar-refractivity contribution >= 4 is 23.4 Å². The Labute approximate surface area is 167 Å². The van der Waals surface area contributed by atoms with Crippen molar-refractivity contribution in [1.82, 2.24) is 20.2 Å². The molecule has 0 radical (unpaired) electrons. The Kier molecular flexibility index (Phi) is 5.04. The molecule has 144 valence electrons. The summed E-state index contributed by atoms with van der Waals surface area (Å²) >= 11 is 1.36. The van der Waals surface area contributed by atoms with Gasteiger partial charge in [0.2, 0.25) is 11.1 Å². The number of hydrogen-bond acceptors (Lipinski definition) is 6. The van der Waals surface area contributed by atoms with Crippen molar-refractivity contribution in [2.45, 2.75) is 36.7 Å². The molecule has 2 atom stereocenters. The van der Waals surface area contributed by atoms with E-state index in [9.17, 15) is 4.79 Å². The molecule has 2 aromatic carbocycles. The van der Waals surface area contributed by atoms with E-state index in [1.54, 1.807) is 11.8 Å². The van der Waals surface area contributed by atoms with E-state index in [0.29, 0.717) is 5.16 Å². The first-order chi connectivity index (χ1) is 13.6. The fraction of sp³-hybridized carbons (Fsp3) is 0.300. The molecule has 0 spiro atoms. The number of anilines is 1. The molecule has 0 N–H and O–H groups in total. The average molecular weight is 395 g/mol. The molecule has 0 saturated heterocycles. The van der Waals surface area contributed by atoms with E-state index < -0.39 is 0 Å². The van der Waals surface area contributed by atoms with Gasteiger partial charge in [-0.15, -0.1) is 5.10 Å². The Morgan fingerprint density at radius 3 is 2.71 bits per heavy atom. The molecule has 8 heteroatoms. The SMILES string of the molecule is COc1ccc(-n2nnnc2SC(C)C(=O)N2c3ccccc3CC2C)cc1. The van der Waals surface area contributed by atoms with Crippen molar-refractivity contribution in [3.8, 4) is 11.4 Å². The van der Waals surface area contributed by atoms with Gasteiger partial charge in [0.1, 0.15) is 5.75 Å². The lowest BCUT2D eigenvalue weighted by Gasteiger charge is -2.25. The second kappa shape index (κ2) is 7.63. The molecule has 1 aliphatic heterocycles. The molecule has 0 bridgehead atoms. The molecular weight excluding hydrogens is 374 g/mol. The van der Waals surface area contributed by atoms with Gasteiger partial charge in [-0.05, 0) is 66.6 Å². The number of aromatic nitrogens is 4. The number of amides is 1. The summed E-state index contributed by atoms with van der Waals surface area (Å²) in [6.45, 7) is 3.98. The van der Waals surface area contributed by atoms with E-state index in [1.807, 2.05) is 54.3 Å². The highest BCUT2D eigenvalue weighted by Crippen LogP contribution is 2.34. The molecule has 1 aliphatic rings. The first-order valence-corrected chi connectivity index (χ1v) is 9.97. The highest BCUT2D eigenvalue weighted by atomic mass is 32.2. The molecule has 0 saturated carbocycles. The smallest absolute Gasteiger partial charge is 0.240 e. The Bertz CT molecular complexity index is 988. The summed E-state index contributed by atoms with van der Waals surface area (Å²) in [4.78, 5) is 15.1. The third-order valence-electron chi connectivity index (χ3n) is 4.83. The Balaban J connectivity index is 1.54. The number of para-hydroxylation sites is 1. The largest absolute Gasteiger partial charge is 0.497 e. The molecule has 0 fully saturated rings. The maximum absolute atomic E-state index is 13.2. The molecule has 1 amide bonds. The number of rotatable bonds is 5. The van der Waals surface area contributed by atoms with E-state index in [1.165, 1.54) is 17.3 Å². The monoisotopic (exact) mass is 395 g/mol. The zero-order valence-corrected chi connectivity index (χ0v) is 16.8. The minimum atomic E-state index is -0.323. The Hall–Kier alpha value is -2.87. The standard InChI is InChI=1S/C20H21N5O2S/c1-13-12-15-6-4-5-7-18(15)24(13)19(26)14(2)28-20-21-22-23-25(20)16-8-10-17(27-3)11-9-16/h4-11,13-14H,12H2,1-3H3. The topological polar surface area (TPSA) is 73.1 Å². The molecule has 3 aromatic rings. The number of carbonyl (C=O) groups is 1. The highest BCUT2D eigenvalue weighted by Gasteiger charge is 2.34. The molecule has 0 aliphatic carbocycles. The second-order valence-electron chi connectivity index (χ2n) is 6.72. The van der Waals surface area contributed by atoms with Gasteiger partial charge in [0.25, 0.3) is 0 Å². The van der Waals surface area contributed by atoms with Crippen LogP contribution in [0.25, 0.3) is 5.69 Å². The fourth-order valence-electron chi connectivity index (χ4n) is 3.44. The molecular formula is C20H21N5O2S. The third-order valence-corrected chi connectivity index (χ3v) is 5.85. The van der Waals surface area contributed by atoms with Crippen molar-refractivity contribution in [2.75, 3.05) is 12.0 Å². The quantitative estimate of drug-likeness (QED) is 0.618. The number of benzene rings is 2. The normalized spacial score (nSPS) is 16.7. The maximum Gasteiger partial charge on any atom is 0.240 e. The van der Waals surface area contributed by atoms with Crippen molar-refractivity contribution in [2.24, 2.45) is 0 Å². The summed E-state index contributed by atoms with van der Waals surface area (Å²) < 4.78 is 6.83. The number of carbonyl (C=O) groups excluding carboxylic acids is 1. The number of thioether (sulfide) groups is 1. The predicted molar refractivity (Wildman–Crippen MR) is 108 cm³/mol. The number of fused-ring (bicyclic) bond motifs is 1. The van der Waals surface area contributed by atoms with Crippen LogP contribution in [0.15, 0.2) is 53.7 Å². The van der Waals surface area contributed by atoms with Gasteiger partial charge in [0.05, 0.1) is 18.0 Å². The van der Waals surface area contributed by atoms with Crippen LogP contribution >= 0.6 is 11.8 Å². The van der Waals surface area contributed by atoms with Crippen molar-refractivity contribution in [3.05, 3.63) is 54.1 Å². The van der Waals surface area contributed by atoms with E-state index >= 15 is 0 Å². The highest BCUT2D eigenvalue weighted by molar-refractivity contribution is 8.00. The van der Waals surface area contributed by atoms with Crippen LogP contribution in [-0.2, 0) is 11.2 Å². The molecule has 4 rings (SSSR count). The number of methoxy groups -OCH3 is 1. The molecule has 2 heterocycles. The van der Waals surface area contributed by atoms with Gasteiger partial charge < -0.3 is 9.64 Å². The first kappa shape index (κ1) is 18.5. The molecule has 7 nitrogen and oxygen atoms in total. The summed E-state index contributed by atoms with van der Waals surface area (Å²) in [5.74, 6) is 0.822. The van der Waals surface area contributed by atoms with Crippen LogP contribution in [0.5, 0.6) is 5.75 Å². The van der Waals surface area contributed by atoms with Crippen LogP contribution in [-0.4, -0.2) is 44.5 Å². The zero-order valence-electron chi connectivity index (χ0n) is 15.9. The molecule has 2 unspecified atom stereocenters. The van der Waals surface area contributed by atoms with Crippen LogP contribution in [0.4, 0.5) is 5.69 Å². The fourth-order valence-corrected chi connectivity index (χ4v) is 4.30. The summed E-state index contributed by atoms with van der Waals surface area (Å²) in [7, 11) is 1.62. The Morgan fingerprint density at radius 2 is 1.96 bits per heavy atom. The van der Waals surface area contributed by atoms with Gasteiger partial charge in [-0.1, -0.05) is 30.0 Å². The number of tetrazole rings is 1. The second-order valence-corrected chi connectivity index (χ2v) is 8.03. The van der Waals surface area contributed by atoms with Crippen LogP contribution in [0.3, 0.4) is 0 Å². The van der Waals surface area contributed by atoms with Crippen molar-refractivity contribution in [1.29, 1.82) is 0 Å². The van der Waals surface area contributed by atoms with Gasteiger partial charge in [0.15, 0.2) is 0 Å². The average Bonchev–Trinajstić information content (AvgIpc) is 3.30. The van der Waals surface area contributed by atoms with Gasteiger partial charge in [-0.3, -0.25) is 4.79 Å². The van der Waals surface area contributed by atoms with Gasteiger partial charge in [-0.25, -0.2) is 0 Å². The van der Waals surface area contributed by atoms with Crippen LogP contribution < -0.4 is 9.64 Å². The van der Waals surface area contributed by atoms with Gasteiger partial charge >= 0.3 is 0 Å². The Morgan fingerprint density at radius 1 is 1.21 bits per heavy atom. The van der Waals surface area contributed by atoms with Crippen molar-refractivity contribution < 1.29 is 9.53 Å². The lowest BCUT2D eigenvalue weighted by Crippen LogP contribution is -2.40. The minimum Gasteiger partial charge on any atom is -0.497 e. The maximum atomic E-state index is 13.2. The van der Waals surface area contributed by atoms with Crippen LogP contribution in [0, 0.1) is 0 Å². The molecule has 28 heavy (non-hydrogen) atoms. The van der Waals surface area contributed by atoms with E-state index in [0.717, 1.165) is 23.5 Å². The van der Waals surface area contributed by atoms with Crippen LogP contribution in [0.2, 0.25) is 0 Å². The summed E-state index contributed by atoms with van der Waals surface area (Å²) in [5.41, 5.74) is 3.03. The third kappa shape index (κ3) is 3.35. The number of nitrogens with zero attached hydrogens (tertiary/aromatic N) is 5. The minimum absolute atomic E-state index is 0.0618. The lowest BCUT2D eigenvalue weighted by molar-refractivity contribution is -0.118.